The van der Waals surface area contributed by atoms with E-state index >= 15 is 0 Å². The van der Waals surface area contributed by atoms with Gasteiger partial charge in [0.25, 0.3) is 0 Å². The number of hydrogen-bond donors (Lipinski definition) is 0. The molecular weight excluding hydrogens is 192 g/mol. The van der Waals surface area contributed by atoms with E-state index in [1.807, 2.05) is 13.0 Å². The van der Waals surface area contributed by atoms with Gasteiger partial charge in [0.15, 0.2) is 5.78 Å². The minimum atomic E-state index is -0.0121. The number of carbonyl (C=O) groups is 1. The minimum Gasteiger partial charge on any atom is -0.496 e. The molecule has 1 aromatic carbocycles. The fourth-order valence-corrected chi connectivity index (χ4v) is 1.78. The minimum absolute atomic E-state index is 0.0121. The summed E-state index contributed by atoms with van der Waals surface area (Å²) >= 11 is 0. The smallest absolute Gasteiger partial charge is 0.164 e. The van der Waals surface area contributed by atoms with E-state index in [2.05, 4.69) is 0 Å². The Balaban J connectivity index is 2.89. The Morgan fingerprint density at radius 2 is 2.13 bits per heavy atom. The second kappa shape index (κ2) is 3.42. The number of fused-ring (bicyclic) bond motifs is 1. The molecule has 0 amide bonds. The van der Waals surface area contributed by atoms with Gasteiger partial charge >= 0.3 is 0 Å². The number of hydrogen-bond acceptors (Lipinski definition) is 3. The van der Waals surface area contributed by atoms with Crippen LogP contribution < -0.4 is 4.74 Å². The lowest BCUT2D eigenvalue weighted by molar-refractivity contribution is 0.101. The molecule has 0 aliphatic carbocycles. The zero-order valence-electron chi connectivity index (χ0n) is 8.96. The molecule has 0 atom stereocenters. The van der Waals surface area contributed by atoms with E-state index in [1.54, 1.807) is 19.4 Å². The fourth-order valence-electron chi connectivity index (χ4n) is 1.78. The van der Waals surface area contributed by atoms with Crippen molar-refractivity contribution in [2.75, 3.05) is 7.11 Å². The van der Waals surface area contributed by atoms with Gasteiger partial charge in [0.2, 0.25) is 0 Å². The van der Waals surface area contributed by atoms with Crippen LogP contribution in [0, 0.1) is 6.92 Å². The Labute approximate surface area is 87.6 Å². The number of rotatable bonds is 2. The molecule has 0 aliphatic heterocycles. The van der Waals surface area contributed by atoms with E-state index in [-0.39, 0.29) is 5.78 Å². The maximum absolute atomic E-state index is 11.6. The first-order valence-corrected chi connectivity index (χ1v) is 4.71. The average molecular weight is 204 g/mol. The summed E-state index contributed by atoms with van der Waals surface area (Å²) in [6, 6.07) is 3.57. The molecular formula is C12H12O3. The Hall–Kier alpha value is -1.77. The van der Waals surface area contributed by atoms with Gasteiger partial charge in [-0.3, -0.25) is 4.79 Å². The predicted octanol–water partition coefficient (Wildman–Crippen LogP) is 2.95. The third-order valence-corrected chi connectivity index (χ3v) is 2.46. The van der Waals surface area contributed by atoms with Gasteiger partial charge in [-0.15, -0.1) is 0 Å². The Morgan fingerprint density at radius 1 is 1.40 bits per heavy atom. The standard InChI is InChI=1S/C12H12O3/c1-7-6-15-10-5-4-9(14-3)12(8(2)13)11(7)10/h4-6H,1-3H3. The van der Waals surface area contributed by atoms with Crippen molar-refractivity contribution in [3.63, 3.8) is 0 Å². The van der Waals surface area contributed by atoms with Crippen LogP contribution in [-0.2, 0) is 0 Å². The molecule has 0 saturated carbocycles. The molecule has 0 spiro atoms. The molecule has 0 radical (unpaired) electrons. The molecule has 0 bridgehead atoms. The molecule has 78 valence electrons. The van der Waals surface area contributed by atoms with Crippen LogP contribution in [0.1, 0.15) is 22.8 Å². The lowest BCUT2D eigenvalue weighted by atomic mass is 10.0. The van der Waals surface area contributed by atoms with Crippen molar-refractivity contribution in [1.82, 2.24) is 0 Å². The van der Waals surface area contributed by atoms with Gasteiger partial charge in [0.05, 0.1) is 18.9 Å². The van der Waals surface area contributed by atoms with Gasteiger partial charge in [-0.2, -0.15) is 0 Å². The Bertz CT molecular complexity index is 523. The fraction of sp³-hybridized carbons (Fsp3) is 0.250. The lowest BCUT2D eigenvalue weighted by Gasteiger charge is -2.06. The largest absolute Gasteiger partial charge is 0.496 e. The monoisotopic (exact) mass is 204 g/mol. The van der Waals surface area contributed by atoms with Crippen LogP contribution >= 0.6 is 0 Å². The number of ether oxygens (including phenoxy) is 1. The van der Waals surface area contributed by atoms with Crippen molar-refractivity contribution in [3.8, 4) is 5.75 Å². The summed E-state index contributed by atoms with van der Waals surface area (Å²) in [6.07, 6.45) is 1.65. The van der Waals surface area contributed by atoms with Crippen molar-refractivity contribution in [3.05, 3.63) is 29.5 Å². The van der Waals surface area contributed by atoms with Gasteiger partial charge in [-0.25, -0.2) is 0 Å². The number of methoxy groups -OCH3 is 1. The van der Waals surface area contributed by atoms with Gasteiger partial charge in [-0.1, -0.05) is 0 Å². The number of ketones is 1. The normalized spacial score (nSPS) is 10.6. The number of Topliss-reactive ketones (excluding diaryl/α,β-unsaturated/α-hetero) is 1. The lowest BCUT2D eigenvalue weighted by Crippen LogP contribution is -1.98. The van der Waals surface area contributed by atoms with Gasteiger partial charge in [0, 0.05) is 5.39 Å². The van der Waals surface area contributed by atoms with E-state index in [0.717, 1.165) is 16.5 Å². The maximum Gasteiger partial charge on any atom is 0.164 e. The van der Waals surface area contributed by atoms with Crippen molar-refractivity contribution in [1.29, 1.82) is 0 Å². The topological polar surface area (TPSA) is 39.4 Å². The van der Waals surface area contributed by atoms with E-state index in [9.17, 15) is 4.79 Å². The summed E-state index contributed by atoms with van der Waals surface area (Å²) < 4.78 is 10.5. The van der Waals surface area contributed by atoms with Crippen LogP contribution in [0.2, 0.25) is 0 Å². The molecule has 15 heavy (non-hydrogen) atoms. The van der Waals surface area contributed by atoms with Crippen molar-refractivity contribution in [2.45, 2.75) is 13.8 Å². The maximum atomic E-state index is 11.6. The van der Waals surface area contributed by atoms with Gasteiger partial charge < -0.3 is 9.15 Å². The molecule has 0 unspecified atom stereocenters. The molecule has 2 aromatic rings. The summed E-state index contributed by atoms with van der Waals surface area (Å²) in [7, 11) is 1.56. The number of aryl methyl sites for hydroxylation is 1. The highest BCUT2D eigenvalue weighted by Crippen LogP contribution is 2.31. The van der Waals surface area contributed by atoms with Crippen LogP contribution in [0.3, 0.4) is 0 Å². The quantitative estimate of drug-likeness (QED) is 0.706. The van der Waals surface area contributed by atoms with Crippen LogP contribution in [0.5, 0.6) is 5.75 Å². The SMILES string of the molecule is COc1ccc2occ(C)c2c1C(C)=O. The van der Waals surface area contributed by atoms with Gasteiger partial charge in [-0.05, 0) is 31.5 Å². The summed E-state index contributed by atoms with van der Waals surface area (Å²) in [5, 5.41) is 0.849. The molecule has 0 aliphatic rings. The van der Waals surface area contributed by atoms with Crippen molar-refractivity contribution >= 4 is 16.8 Å². The molecule has 0 fully saturated rings. The second-order valence-electron chi connectivity index (χ2n) is 3.49. The first-order valence-electron chi connectivity index (χ1n) is 4.71. The summed E-state index contributed by atoms with van der Waals surface area (Å²) in [6.45, 7) is 3.45. The molecule has 3 heteroatoms. The van der Waals surface area contributed by atoms with Crippen LogP contribution in [0.4, 0.5) is 0 Å². The second-order valence-corrected chi connectivity index (χ2v) is 3.49. The predicted molar refractivity (Wildman–Crippen MR) is 57.5 cm³/mol. The van der Waals surface area contributed by atoms with Crippen LogP contribution in [0.15, 0.2) is 22.8 Å². The third kappa shape index (κ3) is 1.40. The van der Waals surface area contributed by atoms with Crippen LogP contribution in [0.25, 0.3) is 11.0 Å². The van der Waals surface area contributed by atoms with Crippen molar-refractivity contribution in [2.24, 2.45) is 0 Å². The van der Waals surface area contributed by atoms with E-state index in [0.29, 0.717) is 11.3 Å². The zero-order chi connectivity index (χ0) is 11.0. The van der Waals surface area contributed by atoms with E-state index < -0.39 is 0 Å². The highest BCUT2D eigenvalue weighted by atomic mass is 16.5. The molecule has 0 saturated heterocycles. The molecule has 1 aromatic heterocycles. The van der Waals surface area contributed by atoms with Gasteiger partial charge in [0.1, 0.15) is 11.3 Å². The zero-order valence-corrected chi connectivity index (χ0v) is 8.96. The molecule has 0 N–H and O–H groups in total. The highest BCUT2D eigenvalue weighted by molar-refractivity contribution is 6.09. The summed E-state index contributed by atoms with van der Waals surface area (Å²) in [4.78, 5) is 11.6. The number of furan rings is 1. The summed E-state index contributed by atoms with van der Waals surface area (Å²) in [5.41, 5.74) is 2.27. The van der Waals surface area contributed by atoms with E-state index in [1.165, 1.54) is 6.92 Å². The number of carbonyl (C=O) groups excluding carboxylic acids is 1. The first-order chi connectivity index (χ1) is 7.15. The molecule has 1 heterocycles. The number of benzene rings is 1. The van der Waals surface area contributed by atoms with Crippen molar-refractivity contribution < 1.29 is 13.9 Å². The Kier molecular flexibility index (Phi) is 2.23. The third-order valence-electron chi connectivity index (χ3n) is 2.46. The first kappa shape index (κ1) is 9.77. The van der Waals surface area contributed by atoms with E-state index in [4.69, 9.17) is 9.15 Å². The molecule has 2 rings (SSSR count). The molecule has 3 nitrogen and oxygen atoms in total. The average Bonchev–Trinajstić information content (AvgIpc) is 2.59. The summed E-state index contributed by atoms with van der Waals surface area (Å²) in [5.74, 6) is 0.585. The highest BCUT2D eigenvalue weighted by Gasteiger charge is 2.16. The van der Waals surface area contributed by atoms with Crippen LogP contribution in [-0.4, -0.2) is 12.9 Å². The Morgan fingerprint density at radius 3 is 2.73 bits per heavy atom.